The molecular formula is C18H25FN2O3. The number of methoxy groups -OCH3 is 1. The first-order valence-corrected chi connectivity index (χ1v) is 8.65. The smallest absolute Gasteiger partial charge is 0.315 e. The van der Waals surface area contributed by atoms with E-state index in [1.807, 2.05) is 0 Å². The summed E-state index contributed by atoms with van der Waals surface area (Å²) < 4.78 is 19.1. The minimum absolute atomic E-state index is 0.0741. The number of benzene rings is 1. The summed E-state index contributed by atoms with van der Waals surface area (Å²) in [5.74, 6) is 0.252. The van der Waals surface area contributed by atoms with Gasteiger partial charge in [0, 0.05) is 11.6 Å². The number of ether oxygens (including phenoxy) is 1. The number of nitrogens with one attached hydrogen (secondary N) is 2. The van der Waals surface area contributed by atoms with E-state index in [0.29, 0.717) is 24.2 Å². The normalized spacial score (nSPS) is 25.0. The van der Waals surface area contributed by atoms with E-state index in [4.69, 9.17) is 4.74 Å². The molecule has 0 saturated heterocycles. The quantitative estimate of drug-likeness (QED) is 0.774. The molecule has 3 rings (SSSR count). The lowest BCUT2D eigenvalue weighted by Gasteiger charge is -2.38. The molecule has 2 amide bonds. The molecule has 3 N–H and O–H groups in total. The number of hydrogen-bond acceptors (Lipinski definition) is 3. The van der Waals surface area contributed by atoms with Gasteiger partial charge in [-0.3, -0.25) is 0 Å². The van der Waals surface area contributed by atoms with Crippen molar-refractivity contribution in [3.63, 3.8) is 0 Å². The number of carbonyl (C=O) groups excluding carboxylic acids is 1. The third-order valence-electron chi connectivity index (χ3n) is 5.12. The van der Waals surface area contributed by atoms with Crippen LogP contribution in [-0.4, -0.2) is 30.4 Å². The predicted molar refractivity (Wildman–Crippen MR) is 88.3 cm³/mol. The molecule has 24 heavy (non-hydrogen) atoms. The maximum absolute atomic E-state index is 13.7. The van der Waals surface area contributed by atoms with Crippen LogP contribution in [0.25, 0.3) is 0 Å². The zero-order chi connectivity index (χ0) is 17.1. The van der Waals surface area contributed by atoms with E-state index in [2.05, 4.69) is 10.6 Å². The largest absolute Gasteiger partial charge is 0.496 e. The van der Waals surface area contributed by atoms with E-state index in [0.717, 1.165) is 25.7 Å². The number of aliphatic hydroxyl groups is 1. The fraction of sp³-hybridized carbons (Fsp3) is 0.611. The number of rotatable bonds is 5. The Morgan fingerprint density at radius 3 is 2.67 bits per heavy atom. The van der Waals surface area contributed by atoms with Gasteiger partial charge in [0.15, 0.2) is 0 Å². The van der Waals surface area contributed by atoms with Gasteiger partial charge >= 0.3 is 6.03 Å². The summed E-state index contributed by atoms with van der Waals surface area (Å²) in [5, 5.41) is 15.6. The van der Waals surface area contributed by atoms with Gasteiger partial charge in [-0.1, -0.05) is 12.8 Å². The Morgan fingerprint density at radius 1 is 1.33 bits per heavy atom. The van der Waals surface area contributed by atoms with Gasteiger partial charge in [0.05, 0.1) is 19.3 Å². The molecule has 1 aromatic carbocycles. The summed E-state index contributed by atoms with van der Waals surface area (Å²) in [6.45, 7) is 0. The highest BCUT2D eigenvalue weighted by atomic mass is 19.1. The molecule has 0 radical (unpaired) electrons. The number of aliphatic hydroxyl groups excluding tert-OH is 1. The first-order chi connectivity index (χ1) is 11.6. The van der Waals surface area contributed by atoms with Gasteiger partial charge in [-0.15, -0.1) is 0 Å². The Morgan fingerprint density at radius 2 is 2.04 bits per heavy atom. The zero-order valence-corrected chi connectivity index (χ0v) is 13.9. The molecule has 0 heterocycles. The molecule has 0 bridgehead atoms. The number of hydrogen-bond donors (Lipinski definition) is 3. The first kappa shape index (κ1) is 17.0. The lowest BCUT2D eigenvalue weighted by molar-refractivity contribution is 0.0254. The topological polar surface area (TPSA) is 70.6 Å². The second kappa shape index (κ2) is 7.38. The standard InChI is InChI=1S/C18H25FN2O3/c1-24-16-7-6-12(19)10-15(16)17(11-8-14(22)9-11)21-18(23)20-13-4-2-3-5-13/h6-7,10-11,13-14,17,22H,2-5,8-9H2,1H3,(H2,20,21,23). The van der Waals surface area contributed by atoms with Crippen molar-refractivity contribution < 1.29 is 19.0 Å². The van der Waals surface area contributed by atoms with Crippen molar-refractivity contribution in [1.29, 1.82) is 0 Å². The first-order valence-electron chi connectivity index (χ1n) is 8.65. The maximum atomic E-state index is 13.7. The van der Waals surface area contributed by atoms with Gasteiger partial charge in [0.2, 0.25) is 0 Å². The van der Waals surface area contributed by atoms with Crippen molar-refractivity contribution in [1.82, 2.24) is 10.6 Å². The summed E-state index contributed by atoms with van der Waals surface area (Å²) in [4.78, 5) is 12.4. The maximum Gasteiger partial charge on any atom is 0.315 e. The SMILES string of the molecule is COc1ccc(F)cc1C(NC(=O)NC1CCCC1)C1CC(O)C1. The minimum atomic E-state index is -0.375. The van der Waals surface area contributed by atoms with Crippen molar-refractivity contribution in [2.75, 3.05) is 7.11 Å². The number of urea groups is 1. The second-order valence-electron chi connectivity index (χ2n) is 6.85. The Kier molecular flexibility index (Phi) is 5.23. The Balaban J connectivity index is 1.76. The van der Waals surface area contributed by atoms with Crippen LogP contribution in [0.5, 0.6) is 5.75 Å². The molecular weight excluding hydrogens is 311 g/mol. The molecule has 0 aromatic heterocycles. The van der Waals surface area contributed by atoms with Crippen LogP contribution in [0, 0.1) is 11.7 Å². The third-order valence-corrected chi connectivity index (χ3v) is 5.12. The van der Waals surface area contributed by atoms with Crippen LogP contribution in [-0.2, 0) is 0 Å². The van der Waals surface area contributed by atoms with Crippen LogP contribution < -0.4 is 15.4 Å². The lowest BCUT2D eigenvalue weighted by Crippen LogP contribution is -2.47. The fourth-order valence-electron chi connectivity index (χ4n) is 3.74. The van der Waals surface area contributed by atoms with Gasteiger partial charge in [-0.2, -0.15) is 0 Å². The van der Waals surface area contributed by atoms with Crippen LogP contribution in [0.15, 0.2) is 18.2 Å². The summed E-state index contributed by atoms with van der Waals surface area (Å²) in [6, 6.07) is 3.92. The van der Waals surface area contributed by atoms with E-state index in [-0.39, 0.29) is 36.0 Å². The molecule has 5 nitrogen and oxygen atoms in total. The van der Waals surface area contributed by atoms with E-state index < -0.39 is 0 Å². The molecule has 0 aliphatic heterocycles. The van der Waals surface area contributed by atoms with Gasteiger partial charge in [0.1, 0.15) is 11.6 Å². The number of amides is 2. The summed E-state index contributed by atoms with van der Waals surface area (Å²) >= 11 is 0. The van der Waals surface area contributed by atoms with E-state index in [1.165, 1.54) is 19.2 Å². The monoisotopic (exact) mass is 336 g/mol. The van der Waals surface area contributed by atoms with E-state index in [1.54, 1.807) is 6.07 Å². The average Bonchev–Trinajstić information content (AvgIpc) is 3.02. The van der Waals surface area contributed by atoms with Crippen molar-refractivity contribution >= 4 is 6.03 Å². The summed E-state index contributed by atoms with van der Waals surface area (Å²) in [6.07, 6.45) is 5.12. The molecule has 2 fully saturated rings. The summed E-state index contributed by atoms with van der Waals surface area (Å²) in [5.41, 5.74) is 0.621. The molecule has 132 valence electrons. The van der Waals surface area contributed by atoms with Gasteiger partial charge in [-0.05, 0) is 49.8 Å². The van der Waals surface area contributed by atoms with Crippen LogP contribution in [0.1, 0.15) is 50.1 Å². The highest BCUT2D eigenvalue weighted by Gasteiger charge is 2.37. The molecule has 6 heteroatoms. The van der Waals surface area contributed by atoms with Gasteiger partial charge < -0.3 is 20.5 Å². The van der Waals surface area contributed by atoms with E-state index in [9.17, 15) is 14.3 Å². The van der Waals surface area contributed by atoms with E-state index >= 15 is 0 Å². The predicted octanol–water partition coefficient (Wildman–Crippen LogP) is 2.89. The Hall–Kier alpha value is -1.82. The number of carbonyl (C=O) groups is 1. The number of halogens is 1. The van der Waals surface area contributed by atoms with Crippen molar-refractivity contribution in [3.8, 4) is 5.75 Å². The van der Waals surface area contributed by atoms with Crippen LogP contribution in [0.3, 0.4) is 0 Å². The van der Waals surface area contributed by atoms with Crippen molar-refractivity contribution in [2.24, 2.45) is 5.92 Å². The molecule has 1 aromatic rings. The lowest BCUT2D eigenvalue weighted by atomic mass is 9.75. The minimum Gasteiger partial charge on any atom is -0.496 e. The highest BCUT2D eigenvalue weighted by molar-refractivity contribution is 5.75. The van der Waals surface area contributed by atoms with Crippen molar-refractivity contribution in [3.05, 3.63) is 29.6 Å². The molecule has 1 unspecified atom stereocenters. The van der Waals surface area contributed by atoms with Crippen LogP contribution in [0.2, 0.25) is 0 Å². The van der Waals surface area contributed by atoms with Gasteiger partial charge in [0.25, 0.3) is 0 Å². The van der Waals surface area contributed by atoms with Crippen molar-refractivity contribution in [2.45, 2.75) is 56.7 Å². The van der Waals surface area contributed by atoms with Crippen LogP contribution >= 0.6 is 0 Å². The fourth-order valence-corrected chi connectivity index (χ4v) is 3.74. The van der Waals surface area contributed by atoms with Crippen LogP contribution in [0.4, 0.5) is 9.18 Å². The second-order valence-corrected chi connectivity index (χ2v) is 6.85. The summed E-state index contributed by atoms with van der Waals surface area (Å²) in [7, 11) is 1.53. The molecule has 2 aliphatic rings. The molecule has 2 saturated carbocycles. The Labute approximate surface area is 141 Å². The van der Waals surface area contributed by atoms with Gasteiger partial charge in [-0.25, -0.2) is 9.18 Å². The highest BCUT2D eigenvalue weighted by Crippen LogP contribution is 2.41. The third kappa shape index (κ3) is 3.80. The molecule has 0 spiro atoms. The molecule has 2 aliphatic carbocycles. The molecule has 1 atom stereocenters. The zero-order valence-electron chi connectivity index (χ0n) is 13.9. The Bertz CT molecular complexity index is 584. The average molecular weight is 336 g/mol.